The van der Waals surface area contributed by atoms with Crippen LogP contribution in [0.4, 0.5) is 0 Å². The number of aromatic amines is 1. The topological polar surface area (TPSA) is 76.2 Å². The minimum Gasteiger partial charge on any atom is -0.379 e. The first kappa shape index (κ1) is 14.5. The molecule has 2 fully saturated rings. The first-order valence-corrected chi connectivity index (χ1v) is 7.74. The number of amides is 1. The number of imidazole rings is 1. The molecule has 1 saturated heterocycles. The number of ether oxygens (including phenoxy) is 2. The molecule has 0 aromatic carbocycles. The second kappa shape index (κ2) is 6.58. The summed E-state index contributed by atoms with van der Waals surface area (Å²) >= 11 is 0. The van der Waals surface area contributed by atoms with Gasteiger partial charge < -0.3 is 19.8 Å². The fraction of sp³-hybridized carbons (Fsp3) is 0.733. The zero-order valence-corrected chi connectivity index (χ0v) is 12.4. The van der Waals surface area contributed by atoms with E-state index in [0.717, 1.165) is 18.7 Å². The molecule has 0 spiro atoms. The van der Waals surface area contributed by atoms with Crippen LogP contribution in [-0.2, 0) is 9.47 Å². The molecule has 1 aliphatic heterocycles. The minimum absolute atomic E-state index is 0.00303. The van der Waals surface area contributed by atoms with Crippen LogP contribution in [0.3, 0.4) is 0 Å². The Labute approximate surface area is 124 Å². The quantitative estimate of drug-likeness (QED) is 0.861. The van der Waals surface area contributed by atoms with E-state index in [1.54, 1.807) is 6.20 Å². The Morgan fingerprint density at radius 3 is 3.05 bits per heavy atom. The predicted octanol–water partition coefficient (Wildman–Crippen LogP) is 1.42. The molecular weight excluding hydrogens is 270 g/mol. The summed E-state index contributed by atoms with van der Waals surface area (Å²) in [6.07, 6.45) is 6.21. The van der Waals surface area contributed by atoms with Crippen LogP contribution in [0.5, 0.6) is 0 Å². The van der Waals surface area contributed by atoms with E-state index in [1.165, 1.54) is 19.3 Å². The second-order valence-corrected chi connectivity index (χ2v) is 6.03. The molecule has 0 unspecified atom stereocenters. The Balaban J connectivity index is 1.54. The van der Waals surface area contributed by atoms with E-state index in [-0.39, 0.29) is 18.1 Å². The van der Waals surface area contributed by atoms with Crippen molar-refractivity contribution in [1.29, 1.82) is 0 Å². The van der Waals surface area contributed by atoms with E-state index in [4.69, 9.17) is 9.47 Å². The molecule has 3 rings (SSSR count). The Morgan fingerprint density at radius 1 is 1.52 bits per heavy atom. The first-order valence-electron chi connectivity index (χ1n) is 7.74. The summed E-state index contributed by atoms with van der Waals surface area (Å²) in [5.74, 6) is 0.875. The van der Waals surface area contributed by atoms with E-state index >= 15 is 0 Å². The van der Waals surface area contributed by atoms with Crippen molar-refractivity contribution < 1.29 is 14.3 Å². The molecule has 2 N–H and O–H groups in total. The standard InChI is InChI=1S/C15H23N3O3/c1-10-7-16-14(17-10)15(19)18-12-5-6-20-9-13(12)21-8-11-3-2-4-11/h7,11-13H,2-6,8-9H2,1H3,(H,16,17)(H,18,19)/t12-,13-/m1/s1. The average molecular weight is 293 g/mol. The van der Waals surface area contributed by atoms with Crippen molar-refractivity contribution >= 4 is 5.91 Å². The highest BCUT2D eigenvalue weighted by molar-refractivity contribution is 5.90. The zero-order chi connectivity index (χ0) is 14.7. The third-order valence-corrected chi connectivity index (χ3v) is 4.31. The summed E-state index contributed by atoms with van der Waals surface area (Å²) in [6.45, 7) is 3.86. The van der Waals surface area contributed by atoms with Crippen LogP contribution in [0.1, 0.15) is 42.0 Å². The normalized spacial score (nSPS) is 26.3. The molecule has 2 heterocycles. The maximum Gasteiger partial charge on any atom is 0.287 e. The van der Waals surface area contributed by atoms with Gasteiger partial charge >= 0.3 is 0 Å². The summed E-state index contributed by atoms with van der Waals surface area (Å²) in [5, 5.41) is 3.02. The lowest BCUT2D eigenvalue weighted by atomic mass is 9.86. The Bertz CT molecular complexity index is 484. The molecule has 6 nitrogen and oxygen atoms in total. The van der Waals surface area contributed by atoms with Gasteiger partial charge in [-0.2, -0.15) is 0 Å². The number of carbonyl (C=O) groups excluding carboxylic acids is 1. The van der Waals surface area contributed by atoms with Crippen LogP contribution < -0.4 is 5.32 Å². The molecule has 2 atom stereocenters. The van der Waals surface area contributed by atoms with Crippen molar-refractivity contribution in [3.63, 3.8) is 0 Å². The Morgan fingerprint density at radius 2 is 2.38 bits per heavy atom. The van der Waals surface area contributed by atoms with Gasteiger partial charge in [-0.1, -0.05) is 6.42 Å². The Hall–Kier alpha value is -1.40. The van der Waals surface area contributed by atoms with Crippen LogP contribution in [0.2, 0.25) is 0 Å². The van der Waals surface area contributed by atoms with Gasteiger partial charge in [0.15, 0.2) is 5.82 Å². The summed E-state index contributed by atoms with van der Waals surface area (Å²) in [6, 6.07) is -0.00303. The summed E-state index contributed by atoms with van der Waals surface area (Å²) < 4.78 is 11.5. The number of hydrogen-bond donors (Lipinski definition) is 2. The lowest BCUT2D eigenvalue weighted by Crippen LogP contribution is -2.50. The number of H-pyrrole nitrogens is 1. The monoisotopic (exact) mass is 293 g/mol. The van der Waals surface area contributed by atoms with Gasteiger partial charge in [-0.25, -0.2) is 4.98 Å². The summed E-state index contributed by atoms with van der Waals surface area (Å²) in [5.41, 5.74) is 0.880. The number of rotatable bonds is 5. The van der Waals surface area contributed by atoms with E-state index in [9.17, 15) is 4.79 Å². The predicted molar refractivity (Wildman–Crippen MR) is 77.1 cm³/mol. The maximum atomic E-state index is 12.2. The van der Waals surface area contributed by atoms with Gasteiger partial charge in [0.25, 0.3) is 5.91 Å². The van der Waals surface area contributed by atoms with Crippen LogP contribution in [-0.4, -0.2) is 47.8 Å². The molecule has 1 aliphatic carbocycles. The lowest BCUT2D eigenvalue weighted by molar-refractivity contribution is -0.0819. The Kier molecular flexibility index (Phi) is 4.55. The van der Waals surface area contributed by atoms with Crippen molar-refractivity contribution in [3.05, 3.63) is 17.7 Å². The molecule has 116 valence electrons. The average Bonchev–Trinajstić information content (AvgIpc) is 2.85. The zero-order valence-electron chi connectivity index (χ0n) is 12.4. The molecule has 1 amide bonds. The fourth-order valence-electron chi connectivity index (χ4n) is 2.73. The van der Waals surface area contributed by atoms with Gasteiger partial charge in [0.1, 0.15) is 6.10 Å². The molecule has 1 saturated carbocycles. The highest BCUT2D eigenvalue weighted by atomic mass is 16.5. The van der Waals surface area contributed by atoms with Crippen molar-refractivity contribution in [3.8, 4) is 0 Å². The highest BCUT2D eigenvalue weighted by Crippen LogP contribution is 2.27. The van der Waals surface area contributed by atoms with Crippen molar-refractivity contribution in [1.82, 2.24) is 15.3 Å². The molecular formula is C15H23N3O3. The molecule has 1 aromatic heterocycles. The SMILES string of the molecule is Cc1cnc(C(=O)N[C@@H]2CCOC[C@H]2OCC2CCC2)[nH]1. The van der Waals surface area contributed by atoms with Gasteiger partial charge in [-0.3, -0.25) is 4.79 Å². The van der Waals surface area contributed by atoms with Gasteiger partial charge in [-0.15, -0.1) is 0 Å². The van der Waals surface area contributed by atoms with E-state index in [2.05, 4.69) is 15.3 Å². The maximum absolute atomic E-state index is 12.2. The number of aromatic nitrogens is 2. The molecule has 6 heteroatoms. The third kappa shape index (κ3) is 3.63. The molecule has 0 bridgehead atoms. The number of carbonyl (C=O) groups is 1. The summed E-state index contributed by atoms with van der Waals surface area (Å²) in [4.78, 5) is 19.2. The van der Waals surface area contributed by atoms with Crippen molar-refractivity contribution in [2.75, 3.05) is 19.8 Å². The van der Waals surface area contributed by atoms with E-state index < -0.39 is 0 Å². The van der Waals surface area contributed by atoms with E-state index in [1.807, 2.05) is 6.92 Å². The van der Waals surface area contributed by atoms with E-state index in [0.29, 0.717) is 25.0 Å². The van der Waals surface area contributed by atoms with Crippen molar-refractivity contribution in [2.24, 2.45) is 5.92 Å². The second-order valence-electron chi connectivity index (χ2n) is 6.03. The van der Waals surface area contributed by atoms with Gasteiger partial charge in [0, 0.05) is 25.1 Å². The molecule has 0 radical (unpaired) electrons. The van der Waals surface area contributed by atoms with Crippen molar-refractivity contribution in [2.45, 2.75) is 44.8 Å². The summed E-state index contributed by atoms with van der Waals surface area (Å²) in [7, 11) is 0. The fourth-order valence-corrected chi connectivity index (χ4v) is 2.73. The van der Waals surface area contributed by atoms with Crippen LogP contribution in [0.15, 0.2) is 6.20 Å². The lowest BCUT2D eigenvalue weighted by Gasteiger charge is -2.34. The number of nitrogens with zero attached hydrogens (tertiary/aromatic N) is 1. The first-order chi connectivity index (χ1) is 10.2. The molecule has 21 heavy (non-hydrogen) atoms. The number of nitrogens with one attached hydrogen (secondary N) is 2. The van der Waals surface area contributed by atoms with Crippen LogP contribution in [0.25, 0.3) is 0 Å². The largest absolute Gasteiger partial charge is 0.379 e. The van der Waals surface area contributed by atoms with Gasteiger partial charge in [0.2, 0.25) is 0 Å². The van der Waals surface area contributed by atoms with Crippen LogP contribution in [0, 0.1) is 12.8 Å². The van der Waals surface area contributed by atoms with Gasteiger partial charge in [0.05, 0.1) is 12.6 Å². The highest BCUT2D eigenvalue weighted by Gasteiger charge is 2.30. The van der Waals surface area contributed by atoms with Gasteiger partial charge in [-0.05, 0) is 32.1 Å². The molecule has 1 aromatic rings. The number of hydrogen-bond acceptors (Lipinski definition) is 4. The number of aryl methyl sites for hydroxylation is 1. The third-order valence-electron chi connectivity index (χ3n) is 4.31. The smallest absolute Gasteiger partial charge is 0.287 e. The van der Waals surface area contributed by atoms with Crippen LogP contribution >= 0.6 is 0 Å². The minimum atomic E-state index is -0.174. The molecule has 2 aliphatic rings.